The Kier molecular flexibility index (Phi) is 6.65. The Morgan fingerprint density at radius 3 is 2.50 bits per heavy atom. The van der Waals surface area contributed by atoms with Gasteiger partial charge in [-0.2, -0.15) is 0 Å². The number of hydrogen-bond acceptors (Lipinski definition) is 6. The number of pyridine rings is 4. The van der Waals surface area contributed by atoms with E-state index in [0.29, 0.717) is 44.9 Å². The van der Waals surface area contributed by atoms with Crippen molar-refractivity contribution in [1.29, 1.82) is 0 Å². The summed E-state index contributed by atoms with van der Waals surface area (Å²) in [6, 6.07) is 6.90. The molecule has 1 atom stereocenters. The number of fused-ring (bicyclic) bond motifs is 1. The van der Waals surface area contributed by atoms with Crippen molar-refractivity contribution in [2.24, 2.45) is 0 Å². The molecule has 0 radical (unpaired) electrons. The van der Waals surface area contributed by atoms with Gasteiger partial charge in [0.15, 0.2) is 5.82 Å². The lowest BCUT2D eigenvalue weighted by atomic mass is 10.1. The minimum absolute atomic E-state index is 0.0513. The van der Waals surface area contributed by atoms with Crippen molar-refractivity contribution in [2.75, 3.05) is 18.6 Å². The Balaban J connectivity index is 1.86. The Morgan fingerprint density at radius 2 is 1.88 bits per heavy atom. The number of nitrogens with zero attached hydrogens (tertiary/aromatic N) is 4. The van der Waals surface area contributed by atoms with Crippen molar-refractivity contribution < 1.29 is 13.3 Å². The minimum atomic E-state index is -2.55. The first-order chi connectivity index (χ1) is 16.1. The topological polar surface area (TPSA) is 80.7 Å². The molecule has 34 heavy (non-hydrogen) atoms. The summed E-state index contributed by atoms with van der Waals surface area (Å²) >= 11 is 6.59. The molecule has 0 aromatic carbocycles. The van der Waals surface area contributed by atoms with Crippen LogP contribution in [0.3, 0.4) is 0 Å². The summed E-state index contributed by atoms with van der Waals surface area (Å²) in [6.45, 7) is 6.83. The van der Waals surface area contributed by atoms with Gasteiger partial charge < -0.3 is 9.88 Å². The molecule has 0 fully saturated rings. The molecule has 0 aliphatic carbocycles. The molecule has 6 nitrogen and oxygen atoms in total. The highest BCUT2D eigenvalue weighted by Gasteiger charge is 2.22. The van der Waals surface area contributed by atoms with Crippen LogP contribution in [0.15, 0.2) is 42.7 Å². The molecule has 4 heterocycles. The van der Waals surface area contributed by atoms with Crippen molar-refractivity contribution in [3.8, 4) is 11.3 Å². The molecule has 0 bridgehead atoms. The average Bonchev–Trinajstić information content (AvgIpc) is 2.80. The van der Waals surface area contributed by atoms with Gasteiger partial charge in [-0.1, -0.05) is 18.5 Å². The zero-order chi connectivity index (χ0) is 24.6. The van der Waals surface area contributed by atoms with E-state index in [1.165, 1.54) is 30.6 Å². The fraction of sp³-hybridized carbons (Fsp3) is 0.250. The van der Waals surface area contributed by atoms with E-state index in [2.05, 4.69) is 25.3 Å². The number of hydrogen-bond donors (Lipinski definition) is 1. The van der Waals surface area contributed by atoms with Gasteiger partial charge in [-0.25, -0.2) is 18.7 Å². The number of nitrogens with one attached hydrogen (secondary N) is 1. The van der Waals surface area contributed by atoms with Gasteiger partial charge in [-0.3, -0.25) is 9.97 Å². The molecule has 0 saturated heterocycles. The van der Waals surface area contributed by atoms with Crippen molar-refractivity contribution in [1.82, 2.24) is 19.9 Å². The molecule has 0 saturated carbocycles. The maximum Gasteiger partial charge on any atom is 0.151 e. The van der Waals surface area contributed by atoms with Crippen LogP contribution < -0.4 is 10.8 Å². The Bertz CT molecular complexity index is 1430. The van der Waals surface area contributed by atoms with Gasteiger partial charge in [0, 0.05) is 24.0 Å². The molecular formula is C24H23ClF2N5OP. The molecule has 0 aliphatic rings. The molecule has 10 heteroatoms. The lowest BCUT2D eigenvalue weighted by molar-refractivity contribution is 0.572. The summed E-state index contributed by atoms with van der Waals surface area (Å²) < 4.78 is 41.8. The van der Waals surface area contributed by atoms with Crippen molar-refractivity contribution in [3.05, 3.63) is 70.8 Å². The SMILES string of the molecule is CC[C@H](Nc1c(Cl)c(C)nc2cc(F)c(-c3ccc(P(C)(C)=O)nc3)nc12)c1ncccc1F. The van der Waals surface area contributed by atoms with Gasteiger partial charge in [0.25, 0.3) is 0 Å². The first-order valence-electron chi connectivity index (χ1n) is 10.7. The normalized spacial score (nSPS) is 12.7. The highest BCUT2D eigenvalue weighted by Crippen LogP contribution is 2.37. The highest BCUT2D eigenvalue weighted by molar-refractivity contribution is 7.69. The van der Waals surface area contributed by atoms with Gasteiger partial charge in [-0.15, -0.1) is 0 Å². The Labute approximate surface area is 201 Å². The lowest BCUT2D eigenvalue weighted by Gasteiger charge is -2.21. The fourth-order valence-corrected chi connectivity index (χ4v) is 4.59. The molecule has 4 aromatic heterocycles. The quantitative estimate of drug-likeness (QED) is 0.320. The van der Waals surface area contributed by atoms with E-state index in [-0.39, 0.29) is 11.4 Å². The average molecular weight is 502 g/mol. The molecule has 0 unspecified atom stereocenters. The molecule has 4 rings (SSSR count). The van der Waals surface area contributed by atoms with E-state index < -0.39 is 24.8 Å². The second-order valence-corrected chi connectivity index (χ2v) is 11.8. The smallest absolute Gasteiger partial charge is 0.151 e. The first-order valence-corrected chi connectivity index (χ1v) is 13.6. The van der Waals surface area contributed by atoms with Crippen LogP contribution in [0.1, 0.15) is 30.8 Å². The van der Waals surface area contributed by atoms with Crippen LogP contribution in [-0.2, 0) is 4.57 Å². The molecule has 4 aromatic rings. The second-order valence-electron chi connectivity index (χ2n) is 8.30. The number of aromatic nitrogens is 4. The standard InChI is InChI=1S/C24H23ClF2N5OP/c1-5-17(22-15(26)7-6-10-28-22)31-24-20(25)13(2)30-18-11-16(27)21(32-23(18)24)14-8-9-19(29-12-14)34(3,4)33/h6-12,17H,5H2,1-4H3,(H,30,31)/t17-/m0/s1. The van der Waals surface area contributed by atoms with Gasteiger partial charge >= 0.3 is 0 Å². The number of aryl methyl sites for hydroxylation is 1. The predicted octanol–water partition coefficient (Wildman–Crippen LogP) is 6.14. The summed E-state index contributed by atoms with van der Waals surface area (Å²) in [4.78, 5) is 17.3. The third-order valence-electron chi connectivity index (χ3n) is 5.43. The zero-order valence-electron chi connectivity index (χ0n) is 19.1. The molecular weight excluding hydrogens is 479 g/mol. The number of halogens is 3. The summed E-state index contributed by atoms with van der Waals surface area (Å²) in [5, 5.41) is 3.56. The summed E-state index contributed by atoms with van der Waals surface area (Å²) in [5.74, 6) is -1.02. The summed E-state index contributed by atoms with van der Waals surface area (Å²) in [6.07, 6.45) is 3.48. The third kappa shape index (κ3) is 4.65. The molecule has 1 N–H and O–H groups in total. The van der Waals surface area contributed by atoms with Crippen LogP contribution in [0, 0.1) is 18.6 Å². The highest BCUT2D eigenvalue weighted by atomic mass is 35.5. The van der Waals surface area contributed by atoms with Crippen molar-refractivity contribution in [2.45, 2.75) is 26.3 Å². The van der Waals surface area contributed by atoms with E-state index in [1.54, 1.807) is 32.4 Å². The summed E-state index contributed by atoms with van der Waals surface area (Å²) in [5.41, 5.74) is 2.70. The fourth-order valence-electron chi connectivity index (χ4n) is 3.63. The zero-order valence-corrected chi connectivity index (χ0v) is 20.8. The van der Waals surface area contributed by atoms with Gasteiger partial charge in [0.1, 0.15) is 24.2 Å². The van der Waals surface area contributed by atoms with Crippen molar-refractivity contribution >= 4 is 40.9 Å². The first kappa shape index (κ1) is 24.2. The Hall–Kier alpha value is -2.96. The maximum atomic E-state index is 15.1. The van der Waals surface area contributed by atoms with E-state index in [4.69, 9.17) is 11.6 Å². The van der Waals surface area contributed by atoms with Crippen LogP contribution in [0.2, 0.25) is 5.02 Å². The van der Waals surface area contributed by atoms with E-state index in [1.807, 2.05) is 6.92 Å². The number of anilines is 1. The summed E-state index contributed by atoms with van der Waals surface area (Å²) in [7, 11) is -2.55. The molecule has 176 valence electrons. The van der Waals surface area contributed by atoms with Crippen LogP contribution in [-0.4, -0.2) is 33.3 Å². The monoisotopic (exact) mass is 501 g/mol. The van der Waals surface area contributed by atoms with Gasteiger partial charge in [0.05, 0.1) is 39.1 Å². The van der Waals surface area contributed by atoms with Crippen LogP contribution in [0.25, 0.3) is 22.3 Å². The molecule has 0 spiro atoms. The van der Waals surface area contributed by atoms with Gasteiger partial charge in [-0.05, 0) is 50.9 Å². The van der Waals surface area contributed by atoms with Gasteiger partial charge in [0.2, 0.25) is 0 Å². The predicted molar refractivity (Wildman–Crippen MR) is 132 cm³/mol. The van der Waals surface area contributed by atoms with E-state index in [9.17, 15) is 8.96 Å². The van der Waals surface area contributed by atoms with Crippen LogP contribution >= 0.6 is 18.7 Å². The minimum Gasteiger partial charge on any atom is -0.373 e. The molecule has 0 aliphatic heterocycles. The maximum absolute atomic E-state index is 15.1. The largest absolute Gasteiger partial charge is 0.373 e. The molecule has 0 amide bonds. The third-order valence-corrected chi connectivity index (χ3v) is 7.27. The van der Waals surface area contributed by atoms with E-state index >= 15 is 4.39 Å². The van der Waals surface area contributed by atoms with Crippen LogP contribution in [0.5, 0.6) is 0 Å². The lowest BCUT2D eigenvalue weighted by Crippen LogP contribution is -2.15. The number of rotatable bonds is 6. The van der Waals surface area contributed by atoms with E-state index in [0.717, 1.165) is 0 Å². The second kappa shape index (κ2) is 9.35. The van der Waals surface area contributed by atoms with Crippen LogP contribution in [0.4, 0.5) is 14.5 Å². The van der Waals surface area contributed by atoms with Crippen molar-refractivity contribution in [3.63, 3.8) is 0 Å². The Morgan fingerprint density at radius 1 is 1.12 bits per heavy atom.